The van der Waals surface area contributed by atoms with E-state index in [0.717, 1.165) is 11.3 Å². The summed E-state index contributed by atoms with van der Waals surface area (Å²) in [6.07, 6.45) is 1.79. The molecular formula is C10H14N2O. The fourth-order valence-electron chi connectivity index (χ4n) is 1.25. The van der Waals surface area contributed by atoms with Gasteiger partial charge in [-0.3, -0.25) is 4.68 Å². The van der Waals surface area contributed by atoms with Gasteiger partial charge in [0, 0.05) is 25.2 Å². The molecule has 0 saturated heterocycles. The molecule has 1 rings (SSSR count). The Balaban J connectivity index is 2.79. The molecule has 0 radical (unpaired) electrons. The van der Waals surface area contributed by atoms with Crippen LogP contribution >= 0.6 is 0 Å². The number of aryl methyl sites for hydroxylation is 2. The highest BCUT2D eigenvalue weighted by Crippen LogP contribution is 2.18. The molecule has 3 nitrogen and oxygen atoms in total. The van der Waals surface area contributed by atoms with Gasteiger partial charge in [-0.15, -0.1) is 11.8 Å². The van der Waals surface area contributed by atoms with E-state index in [1.807, 2.05) is 20.2 Å². The first kappa shape index (κ1) is 9.82. The Morgan fingerprint density at radius 1 is 1.69 bits per heavy atom. The lowest BCUT2D eigenvalue weighted by Gasteiger charge is -2.03. The second-order valence-electron chi connectivity index (χ2n) is 2.99. The summed E-state index contributed by atoms with van der Waals surface area (Å²) in [7, 11) is 1.84. The zero-order chi connectivity index (χ0) is 9.84. The van der Waals surface area contributed by atoms with E-state index in [4.69, 9.17) is 0 Å². The van der Waals surface area contributed by atoms with E-state index in [0.29, 0.717) is 6.42 Å². The van der Waals surface area contributed by atoms with Gasteiger partial charge in [0.05, 0.1) is 11.8 Å². The Labute approximate surface area is 78.4 Å². The summed E-state index contributed by atoms with van der Waals surface area (Å²) in [5.41, 5.74) is 1.73. The number of aliphatic hydroxyl groups is 1. The Morgan fingerprint density at radius 3 is 2.85 bits per heavy atom. The normalized spacial score (nSPS) is 12.0. The Kier molecular flexibility index (Phi) is 3.10. The van der Waals surface area contributed by atoms with E-state index in [1.54, 1.807) is 11.6 Å². The van der Waals surface area contributed by atoms with Gasteiger partial charge >= 0.3 is 0 Å². The zero-order valence-electron chi connectivity index (χ0n) is 8.20. The monoisotopic (exact) mass is 178 g/mol. The molecule has 0 fully saturated rings. The third-order valence-corrected chi connectivity index (χ3v) is 1.88. The molecule has 0 aromatic carbocycles. The summed E-state index contributed by atoms with van der Waals surface area (Å²) in [6, 6.07) is 0. The number of hydrogen-bond acceptors (Lipinski definition) is 2. The van der Waals surface area contributed by atoms with Gasteiger partial charge in [-0.05, 0) is 13.8 Å². The third kappa shape index (κ3) is 2.33. The molecule has 0 aliphatic heterocycles. The van der Waals surface area contributed by atoms with E-state index < -0.39 is 6.10 Å². The summed E-state index contributed by atoms with van der Waals surface area (Å²) in [6.45, 7) is 3.65. The highest BCUT2D eigenvalue weighted by Gasteiger charge is 2.11. The topological polar surface area (TPSA) is 38.0 Å². The maximum atomic E-state index is 9.69. The molecule has 0 aliphatic rings. The molecule has 0 aliphatic carbocycles. The zero-order valence-corrected chi connectivity index (χ0v) is 8.20. The number of aliphatic hydroxyl groups excluding tert-OH is 1. The molecule has 1 unspecified atom stereocenters. The third-order valence-electron chi connectivity index (χ3n) is 1.88. The number of rotatable bonds is 2. The van der Waals surface area contributed by atoms with Crippen LogP contribution in [-0.4, -0.2) is 14.9 Å². The van der Waals surface area contributed by atoms with Crippen molar-refractivity contribution >= 4 is 0 Å². The van der Waals surface area contributed by atoms with Gasteiger partial charge in [0.1, 0.15) is 0 Å². The van der Waals surface area contributed by atoms with Gasteiger partial charge in [0.2, 0.25) is 0 Å². The van der Waals surface area contributed by atoms with E-state index >= 15 is 0 Å². The molecular weight excluding hydrogens is 164 g/mol. The lowest BCUT2D eigenvalue weighted by Crippen LogP contribution is -1.96. The van der Waals surface area contributed by atoms with Crippen LogP contribution in [0.5, 0.6) is 0 Å². The van der Waals surface area contributed by atoms with Crippen molar-refractivity contribution in [3.05, 3.63) is 17.5 Å². The maximum Gasteiger partial charge on any atom is 0.0932 e. The van der Waals surface area contributed by atoms with Crippen LogP contribution in [0.15, 0.2) is 6.20 Å². The lowest BCUT2D eigenvalue weighted by molar-refractivity contribution is 0.183. The molecule has 1 aromatic rings. The van der Waals surface area contributed by atoms with Crippen molar-refractivity contribution in [1.29, 1.82) is 0 Å². The van der Waals surface area contributed by atoms with Crippen molar-refractivity contribution < 1.29 is 5.11 Å². The SMILES string of the molecule is CC#CCC(O)c1cn(C)nc1C. The van der Waals surface area contributed by atoms with Crippen LogP contribution in [-0.2, 0) is 7.05 Å². The Hall–Kier alpha value is -1.27. The van der Waals surface area contributed by atoms with Crippen molar-refractivity contribution in [1.82, 2.24) is 9.78 Å². The number of nitrogens with zero attached hydrogens (tertiary/aromatic N) is 2. The highest BCUT2D eigenvalue weighted by atomic mass is 16.3. The van der Waals surface area contributed by atoms with Crippen LogP contribution in [0.25, 0.3) is 0 Å². The predicted octanol–water partition coefficient (Wildman–Crippen LogP) is 1.18. The molecule has 1 atom stereocenters. The van der Waals surface area contributed by atoms with Crippen molar-refractivity contribution in [3.63, 3.8) is 0 Å². The predicted molar refractivity (Wildman–Crippen MR) is 51.0 cm³/mol. The standard InChI is InChI=1S/C10H14N2O/c1-4-5-6-10(13)9-7-12(3)11-8(9)2/h7,10,13H,6H2,1-3H3. The molecule has 70 valence electrons. The van der Waals surface area contributed by atoms with Crippen LogP contribution in [0, 0.1) is 18.8 Å². The van der Waals surface area contributed by atoms with Gasteiger partial charge in [0.15, 0.2) is 0 Å². The summed E-state index contributed by atoms with van der Waals surface area (Å²) < 4.78 is 1.70. The van der Waals surface area contributed by atoms with Crippen molar-refractivity contribution in [2.45, 2.75) is 26.4 Å². The minimum absolute atomic E-state index is 0.475. The Bertz CT molecular complexity index is 344. The smallest absolute Gasteiger partial charge is 0.0932 e. The van der Waals surface area contributed by atoms with Crippen LogP contribution in [0.3, 0.4) is 0 Å². The van der Waals surface area contributed by atoms with Gasteiger partial charge in [-0.2, -0.15) is 5.10 Å². The highest BCUT2D eigenvalue weighted by molar-refractivity contribution is 5.20. The summed E-state index contributed by atoms with van der Waals surface area (Å²) in [5.74, 6) is 5.60. The largest absolute Gasteiger partial charge is 0.387 e. The first-order valence-corrected chi connectivity index (χ1v) is 4.23. The first-order chi connectivity index (χ1) is 6.15. The van der Waals surface area contributed by atoms with Gasteiger partial charge in [0.25, 0.3) is 0 Å². The van der Waals surface area contributed by atoms with E-state index in [1.165, 1.54) is 0 Å². The number of hydrogen-bond donors (Lipinski definition) is 1. The lowest BCUT2D eigenvalue weighted by atomic mass is 10.1. The summed E-state index contributed by atoms with van der Waals surface area (Å²) in [5, 5.41) is 13.8. The molecule has 1 heterocycles. The summed E-state index contributed by atoms with van der Waals surface area (Å²) in [4.78, 5) is 0. The van der Waals surface area contributed by atoms with Crippen LogP contribution in [0.1, 0.15) is 30.7 Å². The summed E-state index contributed by atoms with van der Waals surface area (Å²) >= 11 is 0. The second-order valence-corrected chi connectivity index (χ2v) is 2.99. The molecule has 0 amide bonds. The van der Waals surface area contributed by atoms with Crippen LogP contribution in [0.2, 0.25) is 0 Å². The molecule has 0 spiro atoms. The quantitative estimate of drug-likeness (QED) is 0.690. The minimum Gasteiger partial charge on any atom is -0.387 e. The van der Waals surface area contributed by atoms with Gasteiger partial charge < -0.3 is 5.11 Å². The molecule has 3 heteroatoms. The van der Waals surface area contributed by atoms with Crippen LogP contribution < -0.4 is 0 Å². The fourth-order valence-corrected chi connectivity index (χ4v) is 1.25. The van der Waals surface area contributed by atoms with Crippen molar-refractivity contribution in [3.8, 4) is 11.8 Å². The maximum absolute atomic E-state index is 9.69. The van der Waals surface area contributed by atoms with Crippen LogP contribution in [0.4, 0.5) is 0 Å². The fraction of sp³-hybridized carbons (Fsp3) is 0.500. The van der Waals surface area contributed by atoms with Gasteiger partial charge in [-0.1, -0.05) is 0 Å². The molecule has 0 bridgehead atoms. The average molecular weight is 178 g/mol. The average Bonchev–Trinajstić information content (AvgIpc) is 2.41. The van der Waals surface area contributed by atoms with E-state index in [2.05, 4.69) is 16.9 Å². The minimum atomic E-state index is -0.513. The Morgan fingerprint density at radius 2 is 2.38 bits per heavy atom. The molecule has 13 heavy (non-hydrogen) atoms. The first-order valence-electron chi connectivity index (χ1n) is 4.23. The van der Waals surface area contributed by atoms with Gasteiger partial charge in [-0.25, -0.2) is 0 Å². The van der Waals surface area contributed by atoms with Crippen molar-refractivity contribution in [2.75, 3.05) is 0 Å². The molecule has 1 N–H and O–H groups in total. The number of aromatic nitrogens is 2. The molecule has 0 saturated carbocycles. The van der Waals surface area contributed by atoms with E-state index in [9.17, 15) is 5.11 Å². The van der Waals surface area contributed by atoms with E-state index in [-0.39, 0.29) is 0 Å². The molecule has 1 aromatic heterocycles. The van der Waals surface area contributed by atoms with Crippen molar-refractivity contribution in [2.24, 2.45) is 7.05 Å². The second kappa shape index (κ2) is 4.11.